The van der Waals surface area contributed by atoms with Crippen molar-refractivity contribution < 1.29 is 9.16 Å². The lowest BCUT2D eigenvalue weighted by molar-refractivity contribution is -0.147. The van der Waals surface area contributed by atoms with E-state index in [2.05, 4.69) is 13.1 Å². The Morgan fingerprint density at radius 2 is 2.25 bits per heavy atom. The van der Waals surface area contributed by atoms with Crippen LogP contribution in [0.1, 0.15) is 19.3 Å². The fourth-order valence-corrected chi connectivity index (χ4v) is 8.02. The Bertz CT molecular complexity index is 129. The zero-order valence-corrected chi connectivity index (χ0v) is 13.0. The quantitative estimate of drug-likeness (QED) is 0.585. The predicted octanol–water partition coefficient (Wildman–Crippen LogP) is -0.710. The van der Waals surface area contributed by atoms with E-state index in [1.54, 1.807) is 0 Å². The van der Waals surface area contributed by atoms with Gasteiger partial charge in [-0.3, -0.25) is 0 Å². The van der Waals surface area contributed by atoms with Gasteiger partial charge in [0.05, 0.1) is 0 Å². The molecule has 1 aliphatic rings. The van der Waals surface area contributed by atoms with E-state index >= 15 is 0 Å². The topological polar surface area (TPSA) is 18.5 Å². The summed E-state index contributed by atoms with van der Waals surface area (Å²) < 4.78 is 11.8. The van der Waals surface area contributed by atoms with E-state index in [0.29, 0.717) is 0 Å². The summed E-state index contributed by atoms with van der Waals surface area (Å²) in [6.07, 6.45) is 3.71. The Labute approximate surface area is 81.8 Å². The van der Waals surface area contributed by atoms with Crippen molar-refractivity contribution in [3.8, 4) is 0 Å². The largest absolute Gasteiger partial charge is 0.405 e. The Morgan fingerprint density at radius 3 is 2.67 bits per heavy atom. The molecule has 72 valence electrons. The highest BCUT2D eigenvalue weighted by atomic mass is 29.1. The molecule has 0 spiro atoms. The second-order valence-electron chi connectivity index (χ2n) is 3.71. The Hall–Kier alpha value is 0.571. The highest BCUT2D eigenvalue weighted by Crippen LogP contribution is 2.28. The molecule has 0 saturated carbocycles. The molecule has 12 heavy (non-hydrogen) atoms. The molecular weight excluding hydrogens is 200 g/mol. The molecule has 1 aliphatic heterocycles. The molecule has 1 fully saturated rings. The van der Waals surface area contributed by atoms with Crippen molar-refractivity contribution in [3.05, 3.63) is 0 Å². The van der Waals surface area contributed by atoms with E-state index in [-0.39, 0.29) is 14.7 Å². The average Bonchev–Trinajstić information content (AvgIpc) is 2.06. The first-order chi connectivity index (χ1) is 5.71. The second kappa shape index (κ2) is 4.71. The van der Waals surface area contributed by atoms with E-state index in [4.69, 9.17) is 9.16 Å². The lowest BCUT2D eigenvalue weighted by Crippen LogP contribution is -2.50. The van der Waals surface area contributed by atoms with Gasteiger partial charge in [-0.1, -0.05) is 13.1 Å². The van der Waals surface area contributed by atoms with E-state index < -0.39 is 8.80 Å². The predicted molar refractivity (Wildman–Crippen MR) is 61.0 cm³/mol. The molecule has 0 amide bonds. The van der Waals surface area contributed by atoms with Crippen LogP contribution in [-0.2, 0) is 9.16 Å². The van der Waals surface area contributed by atoms with Gasteiger partial charge in [-0.25, -0.2) is 0 Å². The van der Waals surface area contributed by atoms with Crippen molar-refractivity contribution in [2.24, 2.45) is 0 Å². The van der Waals surface area contributed by atoms with Gasteiger partial charge < -0.3 is 9.16 Å². The van der Waals surface area contributed by atoms with Gasteiger partial charge in [-0.2, -0.15) is 0 Å². The smallest absolute Gasteiger partial charge is 0.143 e. The maximum atomic E-state index is 5.97. The monoisotopic (exact) mass is 220 g/mol. The van der Waals surface area contributed by atoms with Gasteiger partial charge in [0.1, 0.15) is 23.5 Å². The van der Waals surface area contributed by atoms with Gasteiger partial charge in [0, 0.05) is 16.4 Å². The van der Waals surface area contributed by atoms with Gasteiger partial charge in [-0.15, -0.1) is 0 Å². The van der Waals surface area contributed by atoms with Crippen LogP contribution >= 0.6 is 0 Å². The summed E-state index contributed by atoms with van der Waals surface area (Å²) >= 11 is 0. The summed E-state index contributed by atoms with van der Waals surface area (Å²) in [6.45, 7) is 5.62. The molecule has 1 rings (SSSR count). The summed E-state index contributed by atoms with van der Waals surface area (Å²) in [5.41, 5.74) is -0.0355. The number of rotatable bonds is 3. The molecule has 2 nitrogen and oxygen atoms in total. The zero-order chi connectivity index (χ0) is 9.03. The fraction of sp³-hybridized carbons (Fsp3) is 1.00. The number of hydrogen-bond donors (Lipinski definition) is 0. The van der Waals surface area contributed by atoms with Gasteiger partial charge >= 0.3 is 0 Å². The molecule has 1 saturated heterocycles. The minimum atomic E-state index is -0.793. The molecule has 1 unspecified atom stereocenters. The van der Waals surface area contributed by atoms with Crippen molar-refractivity contribution in [2.45, 2.75) is 37.8 Å². The molecule has 0 aromatic carbocycles. The van der Waals surface area contributed by atoms with Crippen molar-refractivity contribution in [1.82, 2.24) is 0 Å². The van der Waals surface area contributed by atoms with Crippen LogP contribution in [-0.4, -0.2) is 39.9 Å². The van der Waals surface area contributed by atoms with Crippen molar-refractivity contribution >= 4 is 27.8 Å². The maximum Gasteiger partial charge on any atom is 0.143 e. The Morgan fingerprint density at radius 1 is 1.50 bits per heavy atom. The van der Waals surface area contributed by atoms with E-state index in [0.717, 1.165) is 6.61 Å². The SMILES string of the molecule is C[SiH](C)C1(O[SiH2][SiH3])CCCCO1. The molecule has 0 bridgehead atoms. The van der Waals surface area contributed by atoms with Gasteiger partial charge in [-0.05, 0) is 19.3 Å². The molecule has 5 heteroatoms. The molecule has 0 aromatic rings. The zero-order valence-electron chi connectivity index (χ0n) is 8.43. The molecule has 0 N–H and O–H groups in total. The Kier molecular flexibility index (Phi) is 4.18. The van der Waals surface area contributed by atoms with Crippen molar-refractivity contribution in [3.63, 3.8) is 0 Å². The third-order valence-electron chi connectivity index (χ3n) is 2.53. The van der Waals surface area contributed by atoms with Crippen LogP contribution in [0.5, 0.6) is 0 Å². The minimum absolute atomic E-state index is 0.0355. The molecule has 0 radical (unpaired) electrons. The number of ether oxygens (including phenoxy) is 1. The lowest BCUT2D eigenvalue weighted by Gasteiger charge is -2.40. The summed E-state index contributed by atoms with van der Waals surface area (Å²) in [5, 5.41) is 0. The highest BCUT2D eigenvalue weighted by Gasteiger charge is 2.37. The van der Waals surface area contributed by atoms with Gasteiger partial charge in [0.15, 0.2) is 0 Å². The van der Waals surface area contributed by atoms with Gasteiger partial charge in [0.25, 0.3) is 0 Å². The van der Waals surface area contributed by atoms with Crippen molar-refractivity contribution in [1.29, 1.82) is 0 Å². The average molecular weight is 220 g/mol. The summed E-state index contributed by atoms with van der Waals surface area (Å²) in [5.74, 6) is 0. The first kappa shape index (κ1) is 10.7. The summed E-state index contributed by atoms with van der Waals surface area (Å²) in [4.78, 5) is 0. The van der Waals surface area contributed by atoms with Crippen LogP contribution in [0.3, 0.4) is 0 Å². The molecule has 0 aliphatic carbocycles. The van der Waals surface area contributed by atoms with Crippen LogP contribution in [0.15, 0.2) is 0 Å². The van der Waals surface area contributed by atoms with Gasteiger partial charge in [0.2, 0.25) is 0 Å². The molecular formula is C7H20O2Si3. The third-order valence-corrected chi connectivity index (χ3v) is 6.89. The van der Waals surface area contributed by atoms with Crippen LogP contribution in [0, 0.1) is 0 Å². The second-order valence-corrected chi connectivity index (χ2v) is 9.49. The first-order valence-corrected chi connectivity index (χ1v) is 14.1. The molecule has 1 heterocycles. The lowest BCUT2D eigenvalue weighted by atomic mass is 10.2. The maximum absolute atomic E-state index is 5.97. The normalized spacial score (nSPS) is 32.2. The standard InChI is InChI=1S/C7H20O2Si3/c1-12(2)7(9-11-10)5-3-4-6-8-7/h12H,3-6,11H2,1-2,10H3. The first-order valence-electron chi connectivity index (χ1n) is 4.99. The van der Waals surface area contributed by atoms with Crippen LogP contribution in [0.25, 0.3) is 0 Å². The third kappa shape index (κ3) is 2.29. The minimum Gasteiger partial charge on any atom is -0.405 e. The van der Waals surface area contributed by atoms with Crippen LogP contribution in [0.4, 0.5) is 0 Å². The van der Waals surface area contributed by atoms with Crippen molar-refractivity contribution in [2.75, 3.05) is 6.61 Å². The highest BCUT2D eigenvalue weighted by molar-refractivity contribution is 6.85. The molecule has 0 aromatic heterocycles. The number of hydrogen-bond acceptors (Lipinski definition) is 2. The fourth-order valence-electron chi connectivity index (χ4n) is 1.77. The van der Waals surface area contributed by atoms with E-state index in [9.17, 15) is 0 Å². The summed E-state index contributed by atoms with van der Waals surface area (Å²) in [7, 11) is 0.286. The van der Waals surface area contributed by atoms with Crippen LogP contribution < -0.4 is 0 Å². The van der Waals surface area contributed by atoms with Crippen LogP contribution in [0.2, 0.25) is 13.1 Å². The Balaban J connectivity index is 2.56. The molecule has 1 atom stereocenters. The van der Waals surface area contributed by atoms with E-state index in [1.807, 2.05) is 0 Å². The summed E-state index contributed by atoms with van der Waals surface area (Å²) in [6, 6.07) is 0. The van der Waals surface area contributed by atoms with E-state index in [1.165, 1.54) is 29.0 Å².